The monoisotopic (exact) mass is 396 g/mol. The van der Waals surface area contributed by atoms with Gasteiger partial charge in [0.05, 0.1) is 6.61 Å². The van der Waals surface area contributed by atoms with E-state index in [9.17, 15) is 9.59 Å². The molecule has 0 bridgehead atoms. The maximum absolute atomic E-state index is 12.5. The second-order valence-electron chi connectivity index (χ2n) is 7.64. The van der Waals surface area contributed by atoms with Gasteiger partial charge in [-0.1, -0.05) is 36.4 Å². The van der Waals surface area contributed by atoms with Crippen molar-refractivity contribution in [2.24, 2.45) is 0 Å². The van der Waals surface area contributed by atoms with Crippen LogP contribution in [0.2, 0.25) is 0 Å². The highest BCUT2D eigenvalue weighted by Gasteiger charge is 2.31. The van der Waals surface area contributed by atoms with Crippen molar-refractivity contribution in [2.75, 3.05) is 39.4 Å². The zero-order chi connectivity index (χ0) is 20.1. The molecule has 0 aliphatic carbocycles. The van der Waals surface area contributed by atoms with Gasteiger partial charge in [0.15, 0.2) is 0 Å². The van der Waals surface area contributed by atoms with E-state index >= 15 is 0 Å². The maximum atomic E-state index is 12.5. The second kappa shape index (κ2) is 9.27. The van der Waals surface area contributed by atoms with Crippen molar-refractivity contribution in [2.45, 2.75) is 31.8 Å². The number of carbonyl (C=O) groups excluding carboxylic acids is 2. The van der Waals surface area contributed by atoms with Gasteiger partial charge in [-0.05, 0) is 30.7 Å². The molecular formula is C23H28N2O4. The van der Waals surface area contributed by atoms with E-state index < -0.39 is 0 Å². The van der Waals surface area contributed by atoms with Gasteiger partial charge in [-0.2, -0.15) is 0 Å². The van der Waals surface area contributed by atoms with Crippen molar-refractivity contribution in [3.05, 3.63) is 42.5 Å². The third-order valence-corrected chi connectivity index (χ3v) is 5.69. The number of benzene rings is 2. The summed E-state index contributed by atoms with van der Waals surface area (Å²) in [4.78, 5) is 28.6. The van der Waals surface area contributed by atoms with Gasteiger partial charge in [0.25, 0.3) is 5.91 Å². The van der Waals surface area contributed by atoms with E-state index in [-0.39, 0.29) is 17.9 Å². The van der Waals surface area contributed by atoms with Crippen LogP contribution >= 0.6 is 0 Å². The molecule has 1 atom stereocenters. The third-order valence-electron chi connectivity index (χ3n) is 5.69. The molecule has 2 fully saturated rings. The van der Waals surface area contributed by atoms with Crippen LogP contribution in [0.5, 0.6) is 5.75 Å². The summed E-state index contributed by atoms with van der Waals surface area (Å²) in [6.45, 7) is 3.57. The fourth-order valence-electron chi connectivity index (χ4n) is 4.04. The van der Waals surface area contributed by atoms with Crippen LogP contribution < -0.4 is 4.74 Å². The largest absolute Gasteiger partial charge is 0.493 e. The fourth-order valence-corrected chi connectivity index (χ4v) is 4.04. The van der Waals surface area contributed by atoms with E-state index in [4.69, 9.17) is 9.47 Å². The molecule has 1 unspecified atom stereocenters. The Balaban J connectivity index is 1.19. The molecule has 4 rings (SSSR count). The van der Waals surface area contributed by atoms with Crippen LogP contribution in [0.1, 0.15) is 25.7 Å². The van der Waals surface area contributed by atoms with E-state index in [1.165, 1.54) is 0 Å². The van der Waals surface area contributed by atoms with Crippen molar-refractivity contribution >= 4 is 22.6 Å². The highest BCUT2D eigenvalue weighted by atomic mass is 16.5. The molecule has 2 saturated heterocycles. The lowest BCUT2D eigenvalue weighted by Gasteiger charge is -2.35. The minimum atomic E-state index is -0.275. The van der Waals surface area contributed by atoms with E-state index in [2.05, 4.69) is 12.1 Å². The molecule has 0 N–H and O–H groups in total. The number of rotatable bonds is 6. The first-order valence-electron chi connectivity index (χ1n) is 10.5. The summed E-state index contributed by atoms with van der Waals surface area (Å²) < 4.78 is 11.4. The molecule has 2 amide bonds. The lowest BCUT2D eigenvalue weighted by molar-refractivity contribution is -0.146. The number of fused-ring (bicyclic) bond motifs is 1. The number of hydrogen-bond donors (Lipinski definition) is 0. The lowest BCUT2D eigenvalue weighted by atomic mass is 10.1. The molecule has 2 aliphatic heterocycles. The molecular weight excluding hydrogens is 368 g/mol. The highest BCUT2D eigenvalue weighted by molar-refractivity contribution is 5.88. The molecule has 0 radical (unpaired) electrons. The van der Waals surface area contributed by atoms with Crippen molar-refractivity contribution in [1.82, 2.24) is 9.80 Å². The quantitative estimate of drug-likeness (QED) is 0.705. The minimum Gasteiger partial charge on any atom is -0.493 e. The van der Waals surface area contributed by atoms with Crippen LogP contribution in [0.25, 0.3) is 10.8 Å². The minimum absolute atomic E-state index is 0.0816. The van der Waals surface area contributed by atoms with Gasteiger partial charge in [0.1, 0.15) is 11.9 Å². The van der Waals surface area contributed by atoms with E-state index in [0.717, 1.165) is 29.4 Å². The molecule has 2 aromatic rings. The molecule has 0 aromatic heterocycles. The van der Waals surface area contributed by atoms with Gasteiger partial charge < -0.3 is 19.3 Å². The summed E-state index contributed by atoms with van der Waals surface area (Å²) in [5, 5.41) is 2.24. The van der Waals surface area contributed by atoms with Crippen molar-refractivity contribution in [3.63, 3.8) is 0 Å². The van der Waals surface area contributed by atoms with Crippen LogP contribution in [-0.2, 0) is 14.3 Å². The Hall–Kier alpha value is -2.60. The van der Waals surface area contributed by atoms with Crippen LogP contribution in [0.4, 0.5) is 0 Å². The average molecular weight is 396 g/mol. The molecule has 2 aromatic carbocycles. The zero-order valence-corrected chi connectivity index (χ0v) is 16.7. The summed E-state index contributed by atoms with van der Waals surface area (Å²) >= 11 is 0. The van der Waals surface area contributed by atoms with Crippen LogP contribution in [0.15, 0.2) is 42.5 Å². The lowest BCUT2D eigenvalue weighted by Crippen LogP contribution is -2.52. The zero-order valence-electron chi connectivity index (χ0n) is 16.7. The van der Waals surface area contributed by atoms with Gasteiger partial charge in [0.2, 0.25) is 5.91 Å². The topological polar surface area (TPSA) is 59.1 Å². The normalized spacial score (nSPS) is 19.5. The maximum Gasteiger partial charge on any atom is 0.251 e. The van der Waals surface area contributed by atoms with Gasteiger partial charge in [-0.3, -0.25) is 9.59 Å². The third kappa shape index (κ3) is 4.70. The molecule has 0 saturated carbocycles. The molecule has 2 heterocycles. The number of ether oxygens (including phenoxy) is 2. The van der Waals surface area contributed by atoms with Gasteiger partial charge in [-0.25, -0.2) is 0 Å². The van der Waals surface area contributed by atoms with Crippen LogP contribution in [-0.4, -0.2) is 67.1 Å². The molecule has 29 heavy (non-hydrogen) atoms. The number of piperazine rings is 1. The first kappa shape index (κ1) is 19.7. The fraction of sp³-hybridized carbons (Fsp3) is 0.478. The summed E-state index contributed by atoms with van der Waals surface area (Å²) in [6.07, 6.45) is 2.63. The average Bonchev–Trinajstić information content (AvgIpc) is 3.31. The van der Waals surface area contributed by atoms with Crippen molar-refractivity contribution in [3.8, 4) is 5.75 Å². The number of hydrogen-bond acceptors (Lipinski definition) is 4. The Labute approximate surface area is 171 Å². The van der Waals surface area contributed by atoms with E-state index in [0.29, 0.717) is 52.2 Å². The smallest absolute Gasteiger partial charge is 0.251 e. The molecule has 6 heteroatoms. The SMILES string of the molecule is O=C(CCCOc1cccc2ccccc12)N1CCN(C(=O)C2CCCO2)CC1. The highest BCUT2D eigenvalue weighted by Crippen LogP contribution is 2.25. The number of nitrogens with zero attached hydrogens (tertiary/aromatic N) is 2. The standard InChI is InChI=1S/C23H28N2O4/c26-22(24-12-14-25(15-13-24)23(27)21-10-4-16-29-21)11-5-17-28-20-9-3-7-18-6-1-2-8-19(18)20/h1-3,6-9,21H,4-5,10-17H2. The Morgan fingerprint density at radius 3 is 2.55 bits per heavy atom. The molecule has 154 valence electrons. The molecule has 6 nitrogen and oxygen atoms in total. The summed E-state index contributed by atoms with van der Waals surface area (Å²) in [6, 6.07) is 14.1. The summed E-state index contributed by atoms with van der Waals surface area (Å²) in [5.74, 6) is 1.07. The Morgan fingerprint density at radius 1 is 1.00 bits per heavy atom. The second-order valence-corrected chi connectivity index (χ2v) is 7.64. The van der Waals surface area contributed by atoms with Crippen LogP contribution in [0.3, 0.4) is 0 Å². The van der Waals surface area contributed by atoms with Crippen molar-refractivity contribution < 1.29 is 19.1 Å². The van der Waals surface area contributed by atoms with Crippen molar-refractivity contribution in [1.29, 1.82) is 0 Å². The predicted molar refractivity (Wildman–Crippen MR) is 111 cm³/mol. The summed E-state index contributed by atoms with van der Waals surface area (Å²) in [5.41, 5.74) is 0. The first-order valence-corrected chi connectivity index (χ1v) is 10.5. The molecule has 2 aliphatic rings. The van der Waals surface area contributed by atoms with Crippen LogP contribution in [0, 0.1) is 0 Å². The Bertz CT molecular complexity index is 850. The number of carbonyl (C=O) groups is 2. The van der Waals surface area contributed by atoms with Gasteiger partial charge in [-0.15, -0.1) is 0 Å². The Kier molecular flexibility index (Phi) is 6.30. The van der Waals surface area contributed by atoms with Gasteiger partial charge >= 0.3 is 0 Å². The summed E-state index contributed by atoms with van der Waals surface area (Å²) in [7, 11) is 0. The van der Waals surface area contributed by atoms with E-state index in [1.54, 1.807) is 0 Å². The Morgan fingerprint density at radius 2 is 1.76 bits per heavy atom. The predicted octanol–water partition coefficient (Wildman–Crippen LogP) is 2.85. The molecule has 0 spiro atoms. The number of amides is 2. The van der Waals surface area contributed by atoms with Gasteiger partial charge in [0, 0.05) is 44.6 Å². The first-order chi connectivity index (χ1) is 14.2. The van der Waals surface area contributed by atoms with E-state index in [1.807, 2.05) is 40.1 Å².